The molecule has 29 heavy (non-hydrogen) atoms. The van der Waals surface area contributed by atoms with Gasteiger partial charge >= 0.3 is 0 Å². The summed E-state index contributed by atoms with van der Waals surface area (Å²) < 4.78 is 11.7. The van der Waals surface area contributed by atoms with Crippen LogP contribution >= 0.6 is 0 Å². The molecule has 0 aromatic carbocycles. The summed E-state index contributed by atoms with van der Waals surface area (Å²) in [4.78, 5) is 14.3. The zero-order valence-electron chi connectivity index (χ0n) is 17.6. The summed E-state index contributed by atoms with van der Waals surface area (Å²) in [5, 5.41) is 10.8. The molecule has 2 aromatic heterocycles. The molecule has 1 N–H and O–H groups in total. The summed E-state index contributed by atoms with van der Waals surface area (Å²) in [7, 11) is 0. The summed E-state index contributed by atoms with van der Waals surface area (Å²) >= 11 is 0. The van der Waals surface area contributed by atoms with Gasteiger partial charge in [-0.05, 0) is 37.5 Å². The van der Waals surface area contributed by atoms with Gasteiger partial charge in [0, 0.05) is 37.2 Å². The van der Waals surface area contributed by atoms with E-state index in [4.69, 9.17) is 19.4 Å². The second kappa shape index (κ2) is 9.35. The first-order valence-electron chi connectivity index (χ1n) is 11.2. The number of hydrogen-bond acceptors (Lipinski definition) is 6. The fourth-order valence-electron chi connectivity index (χ4n) is 4.34. The van der Waals surface area contributed by atoms with Crippen molar-refractivity contribution in [1.29, 1.82) is 0 Å². The molecule has 2 aliphatic rings. The average Bonchev–Trinajstić information content (AvgIpc) is 2.75. The van der Waals surface area contributed by atoms with E-state index < -0.39 is 0 Å². The molecule has 0 amide bonds. The van der Waals surface area contributed by atoms with Gasteiger partial charge in [-0.3, -0.25) is 0 Å². The minimum atomic E-state index is -0.169. The van der Waals surface area contributed by atoms with Crippen molar-refractivity contribution in [2.45, 2.75) is 83.3 Å². The van der Waals surface area contributed by atoms with Crippen molar-refractivity contribution in [3.8, 4) is 5.88 Å². The number of aliphatic hydroxyl groups is 1. The standard InChI is InChI=1S/C23H33N3O3/c1-3-15(2)12-21-24-14-20-22(26-21)19(16-4-6-17(27)7-5-16)13-25-23(20)29-18-8-10-28-11-9-18/h13-18,27H,3-12H2,1-2H3. The molecular weight excluding hydrogens is 366 g/mol. The molecule has 1 saturated carbocycles. The quantitative estimate of drug-likeness (QED) is 0.785. The van der Waals surface area contributed by atoms with Gasteiger partial charge in [-0.1, -0.05) is 20.3 Å². The average molecular weight is 400 g/mol. The molecule has 1 atom stereocenters. The number of hydrogen-bond donors (Lipinski definition) is 1. The van der Waals surface area contributed by atoms with E-state index in [2.05, 4.69) is 18.8 Å². The van der Waals surface area contributed by atoms with Gasteiger partial charge in [0.05, 0.1) is 30.2 Å². The van der Waals surface area contributed by atoms with Crippen molar-refractivity contribution >= 4 is 10.9 Å². The lowest BCUT2D eigenvalue weighted by Gasteiger charge is -2.27. The Kier molecular flexibility index (Phi) is 6.60. The first kappa shape index (κ1) is 20.5. The number of fused-ring (bicyclic) bond motifs is 1. The number of nitrogens with zero attached hydrogens (tertiary/aromatic N) is 3. The van der Waals surface area contributed by atoms with E-state index in [9.17, 15) is 5.11 Å². The van der Waals surface area contributed by atoms with Crippen molar-refractivity contribution in [1.82, 2.24) is 15.0 Å². The highest BCUT2D eigenvalue weighted by Gasteiger charge is 2.25. The maximum atomic E-state index is 9.91. The van der Waals surface area contributed by atoms with Crippen LogP contribution < -0.4 is 4.74 Å². The Morgan fingerprint density at radius 3 is 2.59 bits per heavy atom. The van der Waals surface area contributed by atoms with Gasteiger partial charge in [-0.2, -0.15) is 0 Å². The van der Waals surface area contributed by atoms with Crippen LogP contribution in [0.5, 0.6) is 5.88 Å². The second-order valence-corrected chi connectivity index (χ2v) is 8.72. The lowest BCUT2D eigenvalue weighted by molar-refractivity contribution is 0.0244. The van der Waals surface area contributed by atoms with Gasteiger partial charge in [0.25, 0.3) is 0 Å². The van der Waals surface area contributed by atoms with E-state index in [1.54, 1.807) is 0 Å². The molecule has 158 valence electrons. The maximum absolute atomic E-state index is 9.91. The lowest BCUT2D eigenvalue weighted by Crippen LogP contribution is -2.26. The van der Waals surface area contributed by atoms with Crippen LogP contribution in [0, 0.1) is 5.92 Å². The highest BCUT2D eigenvalue weighted by atomic mass is 16.5. The summed E-state index contributed by atoms with van der Waals surface area (Å²) in [6.45, 7) is 5.92. The van der Waals surface area contributed by atoms with Gasteiger partial charge < -0.3 is 14.6 Å². The molecule has 1 saturated heterocycles. The van der Waals surface area contributed by atoms with E-state index in [-0.39, 0.29) is 12.2 Å². The van der Waals surface area contributed by atoms with Gasteiger partial charge in [0.2, 0.25) is 5.88 Å². The molecule has 1 unspecified atom stereocenters. The largest absolute Gasteiger partial charge is 0.474 e. The SMILES string of the molecule is CCC(C)Cc1ncc2c(OC3CCOCC3)ncc(C3CCC(O)CC3)c2n1. The molecule has 0 radical (unpaired) electrons. The lowest BCUT2D eigenvalue weighted by atomic mass is 9.82. The monoisotopic (exact) mass is 399 g/mol. The first-order valence-corrected chi connectivity index (χ1v) is 11.2. The predicted octanol–water partition coefficient (Wildman–Crippen LogP) is 4.19. The van der Waals surface area contributed by atoms with Crippen molar-refractivity contribution in [2.75, 3.05) is 13.2 Å². The zero-order valence-corrected chi connectivity index (χ0v) is 17.6. The Labute approximate surface area is 173 Å². The van der Waals surface area contributed by atoms with Crippen LogP contribution in [0.3, 0.4) is 0 Å². The molecule has 0 spiro atoms. The molecule has 1 aliphatic carbocycles. The van der Waals surface area contributed by atoms with Crippen LogP contribution in [0.4, 0.5) is 0 Å². The Morgan fingerprint density at radius 1 is 1.10 bits per heavy atom. The van der Waals surface area contributed by atoms with E-state index in [0.717, 1.165) is 81.3 Å². The summed E-state index contributed by atoms with van der Waals surface area (Å²) in [6.07, 6.45) is 11.2. The molecule has 0 bridgehead atoms. The van der Waals surface area contributed by atoms with Crippen molar-refractivity contribution < 1.29 is 14.6 Å². The smallest absolute Gasteiger partial charge is 0.224 e. The topological polar surface area (TPSA) is 77.4 Å². The molecule has 2 fully saturated rings. The van der Waals surface area contributed by atoms with Gasteiger partial charge in [-0.25, -0.2) is 15.0 Å². The van der Waals surface area contributed by atoms with Crippen LogP contribution in [0.1, 0.15) is 76.1 Å². The third-order valence-corrected chi connectivity index (χ3v) is 6.47. The fourth-order valence-corrected chi connectivity index (χ4v) is 4.34. The molecule has 3 heterocycles. The summed E-state index contributed by atoms with van der Waals surface area (Å²) in [6, 6.07) is 0. The third-order valence-electron chi connectivity index (χ3n) is 6.47. The second-order valence-electron chi connectivity index (χ2n) is 8.72. The number of pyridine rings is 1. The molecule has 2 aromatic rings. The minimum Gasteiger partial charge on any atom is -0.474 e. The van der Waals surface area contributed by atoms with Crippen LogP contribution in [0.25, 0.3) is 10.9 Å². The zero-order chi connectivity index (χ0) is 20.2. The van der Waals surface area contributed by atoms with Gasteiger partial charge in [-0.15, -0.1) is 0 Å². The molecule has 6 nitrogen and oxygen atoms in total. The Bertz CT molecular complexity index is 814. The van der Waals surface area contributed by atoms with Crippen molar-refractivity contribution in [3.63, 3.8) is 0 Å². The highest BCUT2D eigenvalue weighted by Crippen LogP contribution is 2.37. The Morgan fingerprint density at radius 2 is 1.86 bits per heavy atom. The Hall–Kier alpha value is -1.79. The Balaban J connectivity index is 1.69. The predicted molar refractivity (Wildman–Crippen MR) is 112 cm³/mol. The van der Waals surface area contributed by atoms with Crippen LogP contribution in [0.2, 0.25) is 0 Å². The van der Waals surface area contributed by atoms with E-state index in [0.29, 0.717) is 17.7 Å². The third kappa shape index (κ3) is 4.86. The normalized spacial score (nSPS) is 24.5. The first-order chi connectivity index (χ1) is 14.1. The van der Waals surface area contributed by atoms with E-state index >= 15 is 0 Å². The van der Waals surface area contributed by atoms with Crippen molar-refractivity contribution in [3.05, 3.63) is 23.8 Å². The number of ether oxygens (including phenoxy) is 2. The molecular formula is C23H33N3O3. The minimum absolute atomic E-state index is 0.134. The van der Waals surface area contributed by atoms with Crippen LogP contribution in [-0.2, 0) is 11.2 Å². The van der Waals surface area contributed by atoms with Gasteiger partial charge in [0.1, 0.15) is 11.9 Å². The molecule has 1 aliphatic heterocycles. The summed E-state index contributed by atoms with van der Waals surface area (Å²) in [5.41, 5.74) is 2.16. The molecule has 6 heteroatoms. The maximum Gasteiger partial charge on any atom is 0.224 e. The van der Waals surface area contributed by atoms with E-state index in [1.807, 2.05) is 12.4 Å². The van der Waals surface area contributed by atoms with Crippen LogP contribution in [0.15, 0.2) is 12.4 Å². The number of rotatable bonds is 6. The summed E-state index contributed by atoms with van der Waals surface area (Å²) in [5.74, 6) is 2.48. The number of aromatic nitrogens is 3. The fraction of sp³-hybridized carbons (Fsp3) is 0.696. The van der Waals surface area contributed by atoms with E-state index in [1.165, 1.54) is 5.56 Å². The van der Waals surface area contributed by atoms with Crippen molar-refractivity contribution in [2.24, 2.45) is 5.92 Å². The van der Waals surface area contributed by atoms with Gasteiger partial charge in [0.15, 0.2) is 0 Å². The number of aliphatic hydroxyl groups excluding tert-OH is 1. The molecule has 4 rings (SSSR count). The van der Waals surface area contributed by atoms with Crippen LogP contribution in [-0.4, -0.2) is 45.5 Å². The highest BCUT2D eigenvalue weighted by molar-refractivity contribution is 5.85.